The maximum absolute atomic E-state index is 6.26. The summed E-state index contributed by atoms with van der Waals surface area (Å²) in [6.07, 6.45) is -0.236. The lowest BCUT2D eigenvalue weighted by Gasteiger charge is -2.20. The molecular formula is C23H26O8. The fourth-order valence-corrected chi connectivity index (χ4v) is 4.81. The van der Waals surface area contributed by atoms with Crippen molar-refractivity contribution in [2.24, 2.45) is 11.8 Å². The van der Waals surface area contributed by atoms with E-state index in [1.54, 1.807) is 28.4 Å². The molecule has 0 saturated carbocycles. The van der Waals surface area contributed by atoms with E-state index in [0.717, 1.165) is 11.1 Å². The van der Waals surface area contributed by atoms with Crippen LogP contribution in [0.15, 0.2) is 24.3 Å². The van der Waals surface area contributed by atoms with E-state index in [2.05, 4.69) is 0 Å². The minimum Gasteiger partial charge on any atom is -0.493 e. The molecule has 2 fully saturated rings. The summed E-state index contributed by atoms with van der Waals surface area (Å²) in [5.74, 6) is 4.16. The summed E-state index contributed by atoms with van der Waals surface area (Å²) in [6.45, 7) is 1.37. The Morgan fingerprint density at radius 3 is 1.77 bits per heavy atom. The summed E-state index contributed by atoms with van der Waals surface area (Å²) in [7, 11) is 6.44. The maximum atomic E-state index is 6.26. The van der Waals surface area contributed by atoms with Crippen LogP contribution in [0.1, 0.15) is 23.3 Å². The second kappa shape index (κ2) is 8.01. The highest BCUT2D eigenvalue weighted by Gasteiger charge is 2.48. The molecule has 0 bridgehead atoms. The molecule has 2 aromatic carbocycles. The molecule has 0 unspecified atom stereocenters. The van der Waals surface area contributed by atoms with Crippen molar-refractivity contribution in [3.8, 4) is 34.5 Å². The predicted octanol–water partition coefficient (Wildman–Crippen LogP) is 3.52. The zero-order chi connectivity index (χ0) is 21.5. The second-order valence-corrected chi connectivity index (χ2v) is 7.75. The number of benzene rings is 2. The first-order chi connectivity index (χ1) is 15.2. The number of fused-ring (bicyclic) bond motifs is 2. The van der Waals surface area contributed by atoms with Crippen molar-refractivity contribution in [1.29, 1.82) is 0 Å². The molecule has 166 valence electrons. The standard InChI is InChI=1S/C23H26O8/c1-24-16-5-12(6-17(25-2)22(16)27-4)20-14-9-29-21(15(14)10-28-20)13-7-18(26-3)23-19(8-13)30-11-31-23/h5-8,14-15,20-21H,9-11H2,1-4H3/t14-,15+,20+,21+/m0/s1. The van der Waals surface area contributed by atoms with Crippen LogP contribution in [0.4, 0.5) is 0 Å². The highest BCUT2D eigenvalue weighted by atomic mass is 16.7. The fraction of sp³-hybridized carbons (Fsp3) is 0.478. The van der Waals surface area contributed by atoms with Crippen molar-refractivity contribution in [3.05, 3.63) is 35.4 Å². The van der Waals surface area contributed by atoms with Gasteiger partial charge in [-0.1, -0.05) is 0 Å². The summed E-state index contributed by atoms with van der Waals surface area (Å²) >= 11 is 0. The van der Waals surface area contributed by atoms with Crippen LogP contribution in [0.3, 0.4) is 0 Å². The van der Waals surface area contributed by atoms with E-state index in [9.17, 15) is 0 Å². The SMILES string of the molecule is COc1cc([C@H]2OC[C@@H]3[C@@H]2CO[C@@H]3c2cc(OC)c3c(c2)OCO3)cc(OC)c1OC. The Morgan fingerprint density at radius 2 is 1.23 bits per heavy atom. The summed E-state index contributed by atoms with van der Waals surface area (Å²) in [6, 6.07) is 7.84. The van der Waals surface area contributed by atoms with Crippen LogP contribution < -0.4 is 28.4 Å². The van der Waals surface area contributed by atoms with Gasteiger partial charge in [-0.05, 0) is 35.4 Å². The number of methoxy groups -OCH3 is 4. The molecule has 2 aromatic rings. The van der Waals surface area contributed by atoms with Gasteiger partial charge in [-0.15, -0.1) is 0 Å². The van der Waals surface area contributed by atoms with Gasteiger partial charge in [0.05, 0.1) is 53.9 Å². The third kappa shape index (κ3) is 3.21. The van der Waals surface area contributed by atoms with Gasteiger partial charge >= 0.3 is 0 Å². The van der Waals surface area contributed by atoms with E-state index < -0.39 is 0 Å². The van der Waals surface area contributed by atoms with Crippen molar-refractivity contribution in [1.82, 2.24) is 0 Å². The molecule has 0 aliphatic carbocycles. The topological polar surface area (TPSA) is 73.8 Å². The van der Waals surface area contributed by atoms with Gasteiger partial charge in [-0.25, -0.2) is 0 Å². The quantitative estimate of drug-likeness (QED) is 0.689. The van der Waals surface area contributed by atoms with Gasteiger partial charge in [0.2, 0.25) is 18.3 Å². The van der Waals surface area contributed by atoms with Crippen molar-refractivity contribution < 1.29 is 37.9 Å². The third-order valence-electron chi connectivity index (χ3n) is 6.29. The van der Waals surface area contributed by atoms with Crippen LogP contribution in [-0.2, 0) is 9.47 Å². The van der Waals surface area contributed by atoms with Crippen LogP contribution in [0, 0.1) is 11.8 Å². The smallest absolute Gasteiger partial charge is 0.231 e. The monoisotopic (exact) mass is 430 g/mol. The van der Waals surface area contributed by atoms with Crippen molar-refractivity contribution in [2.45, 2.75) is 12.2 Å². The van der Waals surface area contributed by atoms with Crippen molar-refractivity contribution in [3.63, 3.8) is 0 Å². The van der Waals surface area contributed by atoms with Gasteiger partial charge in [-0.3, -0.25) is 0 Å². The number of hydrogen-bond acceptors (Lipinski definition) is 8. The van der Waals surface area contributed by atoms with Gasteiger partial charge in [-0.2, -0.15) is 0 Å². The molecule has 31 heavy (non-hydrogen) atoms. The zero-order valence-electron chi connectivity index (χ0n) is 18.0. The summed E-state index contributed by atoms with van der Waals surface area (Å²) in [5, 5.41) is 0. The van der Waals surface area contributed by atoms with Crippen LogP contribution in [0.25, 0.3) is 0 Å². The molecule has 3 aliphatic heterocycles. The molecule has 2 saturated heterocycles. The highest BCUT2D eigenvalue weighted by molar-refractivity contribution is 5.56. The lowest BCUT2D eigenvalue weighted by atomic mass is 9.84. The summed E-state index contributed by atoms with van der Waals surface area (Å²) in [5.41, 5.74) is 1.98. The van der Waals surface area contributed by atoms with Crippen LogP contribution in [0.5, 0.6) is 34.5 Å². The molecule has 0 radical (unpaired) electrons. The Kier molecular flexibility index (Phi) is 5.19. The third-order valence-corrected chi connectivity index (χ3v) is 6.29. The number of ether oxygens (including phenoxy) is 8. The minimum absolute atomic E-state index is 0.111. The van der Waals surface area contributed by atoms with E-state index in [4.69, 9.17) is 37.9 Å². The van der Waals surface area contributed by atoms with Crippen LogP contribution in [0.2, 0.25) is 0 Å². The average Bonchev–Trinajstić information content (AvgIpc) is 3.53. The Labute approximate surface area is 180 Å². The molecule has 3 heterocycles. The first-order valence-electron chi connectivity index (χ1n) is 10.2. The molecule has 0 spiro atoms. The molecule has 3 aliphatic rings. The van der Waals surface area contributed by atoms with E-state index >= 15 is 0 Å². The Morgan fingerprint density at radius 1 is 0.677 bits per heavy atom. The highest BCUT2D eigenvalue weighted by Crippen LogP contribution is 2.54. The van der Waals surface area contributed by atoms with Gasteiger partial charge in [0.15, 0.2) is 23.0 Å². The van der Waals surface area contributed by atoms with E-state index in [-0.39, 0.29) is 30.8 Å². The van der Waals surface area contributed by atoms with E-state index in [1.807, 2.05) is 24.3 Å². The second-order valence-electron chi connectivity index (χ2n) is 7.75. The summed E-state index contributed by atoms with van der Waals surface area (Å²) in [4.78, 5) is 0. The van der Waals surface area contributed by atoms with Crippen molar-refractivity contribution in [2.75, 3.05) is 48.4 Å². The van der Waals surface area contributed by atoms with Gasteiger partial charge in [0.25, 0.3) is 0 Å². The zero-order valence-corrected chi connectivity index (χ0v) is 18.0. The minimum atomic E-state index is -0.125. The van der Waals surface area contributed by atoms with Crippen molar-refractivity contribution >= 4 is 0 Å². The Hall–Kier alpha value is -2.84. The molecule has 8 heteroatoms. The Bertz CT molecular complexity index is 949. The van der Waals surface area contributed by atoms with Gasteiger partial charge < -0.3 is 37.9 Å². The first kappa shape index (κ1) is 20.1. The van der Waals surface area contributed by atoms with Gasteiger partial charge in [0, 0.05) is 11.8 Å². The molecule has 0 aromatic heterocycles. The maximum Gasteiger partial charge on any atom is 0.231 e. The molecule has 0 amide bonds. The molecule has 0 N–H and O–H groups in total. The Balaban J connectivity index is 1.44. The van der Waals surface area contributed by atoms with Crippen LogP contribution in [-0.4, -0.2) is 48.4 Å². The number of rotatable bonds is 6. The number of hydrogen-bond donors (Lipinski definition) is 0. The normalized spacial score (nSPS) is 25.9. The largest absolute Gasteiger partial charge is 0.493 e. The van der Waals surface area contributed by atoms with E-state index in [1.165, 1.54) is 0 Å². The predicted molar refractivity (Wildman–Crippen MR) is 110 cm³/mol. The first-order valence-corrected chi connectivity index (χ1v) is 10.2. The summed E-state index contributed by atoms with van der Waals surface area (Å²) < 4.78 is 45.6. The average molecular weight is 430 g/mol. The molecular weight excluding hydrogens is 404 g/mol. The fourth-order valence-electron chi connectivity index (χ4n) is 4.81. The molecule has 4 atom stereocenters. The lowest BCUT2D eigenvalue weighted by Crippen LogP contribution is -2.15. The lowest BCUT2D eigenvalue weighted by molar-refractivity contribution is 0.0190. The molecule has 8 nitrogen and oxygen atoms in total. The van der Waals surface area contributed by atoms with E-state index in [0.29, 0.717) is 47.7 Å². The van der Waals surface area contributed by atoms with Gasteiger partial charge in [0.1, 0.15) is 0 Å². The van der Waals surface area contributed by atoms with Crippen LogP contribution >= 0.6 is 0 Å². The molecule has 5 rings (SSSR count).